The van der Waals surface area contributed by atoms with E-state index in [1.807, 2.05) is 37.2 Å². The Bertz CT molecular complexity index is 928. The highest BCUT2D eigenvalue weighted by molar-refractivity contribution is 6.04. The summed E-state index contributed by atoms with van der Waals surface area (Å²) in [7, 11) is 5.30. The van der Waals surface area contributed by atoms with Crippen LogP contribution in [0.2, 0.25) is 0 Å². The van der Waals surface area contributed by atoms with Gasteiger partial charge in [0, 0.05) is 51.6 Å². The summed E-state index contributed by atoms with van der Waals surface area (Å²) in [4.78, 5) is 29.5. The normalized spacial score (nSPS) is 13.8. The molecule has 0 atom stereocenters. The number of carbonyl (C=O) groups is 2. The summed E-state index contributed by atoms with van der Waals surface area (Å²) in [6, 6.07) is 12.0. The number of hydrogen-bond donors (Lipinski definition) is 3. The van der Waals surface area contributed by atoms with Crippen molar-refractivity contribution in [3.8, 4) is 5.75 Å². The minimum absolute atomic E-state index is 0.184. The van der Waals surface area contributed by atoms with Crippen LogP contribution in [0.4, 0.5) is 21.9 Å². The van der Waals surface area contributed by atoms with Gasteiger partial charge >= 0.3 is 6.03 Å². The molecule has 32 heavy (non-hydrogen) atoms. The molecule has 172 valence electrons. The molecule has 1 aliphatic heterocycles. The van der Waals surface area contributed by atoms with E-state index >= 15 is 0 Å². The Hall–Kier alpha value is -3.30. The van der Waals surface area contributed by atoms with Gasteiger partial charge in [0.1, 0.15) is 5.75 Å². The zero-order chi connectivity index (χ0) is 22.9. The van der Waals surface area contributed by atoms with Crippen molar-refractivity contribution in [2.24, 2.45) is 0 Å². The van der Waals surface area contributed by atoms with Gasteiger partial charge in [0.05, 0.1) is 31.6 Å². The standard InChI is InChI=1S/C23H31N5O4/c1-27(2)20-9-8-17(25-23(30)26-19-6-4-5-7-21(19)31-3)16-18(20)22(29)24-10-11-28-12-14-32-15-13-28/h4-9,16H,10-15H2,1-3H3,(H,24,29)(H2,25,26,30). The van der Waals surface area contributed by atoms with Gasteiger partial charge in [-0.2, -0.15) is 0 Å². The highest BCUT2D eigenvalue weighted by Crippen LogP contribution is 2.25. The first-order valence-corrected chi connectivity index (χ1v) is 10.6. The van der Waals surface area contributed by atoms with Crippen molar-refractivity contribution in [2.75, 3.05) is 76.1 Å². The van der Waals surface area contributed by atoms with Crippen molar-refractivity contribution >= 4 is 29.0 Å². The van der Waals surface area contributed by atoms with Crippen molar-refractivity contribution in [3.05, 3.63) is 48.0 Å². The summed E-state index contributed by atoms with van der Waals surface area (Å²) < 4.78 is 10.6. The molecule has 3 rings (SSSR count). The van der Waals surface area contributed by atoms with Crippen molar-refractivity contribution < 1.29 is 19.1 Å². The molecule has 1 aliphatic rings. The molecule has 0 bridgehead atoms. The molecule has 9 heteroatoms. The Morgan fingerprint density at radius 3 is 2.56 bits per heavy atom. The van der Waals surface area contributed by atoms with Gasteiger partial charge in [-0.05, 0) is 30.3 Å². The van der Waals surface area contributed by atoms with Gasteiger partial charge in [-0.25, -0.2) is 4.79 Å². The van der Waals surface area contributed by atoms with Gasteiger partial charge < -0.3 is 30.3 Å². The van der Waals surface area contributed by atoms with Crippen LogP contribution in [0.1, 0.15) is 10.4 Å². The second-order valence-corrected chi connectivity index (χ2v) is 7.62. The van der Waals surface area contributed by atoms with Crippen LogP contribution in [0.5, 0.6) is 5.75 Å². The fraction of sp³-hybridized carbons (Fsp3) is 0.391. The minimum atomic E-state index is -0.425. The van der Waals surface area contributed by atoms with Crippen LogP contribution in [0.25, 0.3) is 0 Å². The number of carbonyl (C=O) groups excluding carboxylic acids is 2. The summed E-state index contributed by atoms with van der Waals surface area (Å²) >= 11 is 0. The highest BCUT2D eigenvalue weighted by atomic mass is 16.5. The average Bonchev–Trinajstić information content (AvgIpc) is 2.79. The molecule has 0 spiro atoms. The largest absolute Gasteiger partial charge is 0.495 e. The quantitative estimate of drug-likeness (QED) is 0.583. The molecule has 0 aromatic heterocycles. The van der Waals surface area contributed by atoms with Gasteiger partial charge in [0.25, 0.3) is 5.91 Å². The Kier molecular flexibility index (Phi) is 8.29. The number of ether oxygens (including phenoxy) is 2. The minimum Gasteiger partial charge on any atom is -0.495 e. The molecule has 0 unspecified atom stereocenters. The summed E-state index contributed by atoms with van der Waals surface area (Å²) in [6.07, 6.45) is 0. The van der Waals surface area contributed by atoms with Crippen molar-refractivity contribution in [1.82, 2.24) is 10.2 Å². The monoisotopic (exact) mass is 441 g/mol. The SMILES string of the molecule is COc1ccccc1NC(=O)Nc1ccc(N(C)C)c(C(=O)NCCN2CCOCC2)c1. The van der Waals surface area contributed by atoms with Crippen LogP contribution in [-0.4, -0.2) is 77.4 Å². The molecule has 0 aliphatic carbocycles. The number of rotatable bonds is 8. The van der Waals surface area contributed by atoms with Crippen LogP contribution < -0.4 is 25.6 Å². The van der Waals surface area contributed by atoms with Gasteiger partial charge in [-0.3, -0.25) is 9.69 Å². The molecule has 9 nitrogen and oxygen atoms in total. The second kappa shape index (κ2) is 11.4. The number of methoxy groups -OCH3 is 1. The number of hydrogen-bond acceptors (Lipinski definition) is 6. The molecular weight excluding hydrogens is 410 g/mol. The van der Waals surface area contributed by atoms with E-state index in [0.717, 1.165) is 38.5 Å². The molecule has 3 amide bonds. The lowest BCUT2D eigenvalue weighted by molar-refractivity contribution is 0.0383. The third-order valence-electron chi connectivity index (χ3n) is 5.15. The van der Waals surface area contributed by atoms with Crippen molar-refractivity contribution in [3.63, 3.8) is 0 Å². The Balaban J connectivity index is 1.65. The zero-order valence-corrected chi connectivity index (χ0v) is 18.8. The second-order valence-electron chi connectivity index (χ2n) is 7.62. The van der Waals surface area contributed by atoms with Gasteiger partial charge in [-0.1, -0.05) is 12.1 Å². The molecule has 2 aromatic rings. The lowest BCUT2D eigenvalue weighted by Gasteiger charge is -2.26. The van der Waals surface area contributed by atoms with Crippen LogP contribution >= 0.6 is 0 Å². The number of nitrogens with zero attached hydrogens (tertiary/aromatic N) is 2. The molecule has 1 saturated heterocycles. The number of morpholine rings is 1. The zero-order valence-electron chi connectivity index (χ0n) is 18.8. The highest BCUT2D eigenvalue weighted by Gasteiger charge is 2.16. The van der Waals surface area contributed by atoms with E-state index in [0.29, 0.717) is 29.2 Å². The van der Waals surface area contributed by atoms with E-state index in [2.05, 4.69) is 20.9 Å². The van der Waals surface area contributed by atoms with Gasteiger partial charge in [0.2, 0.25) is 0 Å². The van der Waals surface area contributed by atoms with Crippen LogP contribution in [-0.2, 0) is 4.74 Å². The Labute approximate surface area is 188 Å². The smallest absolute Gasteiger partial charge is 0.323 e. The topological polar surface area (TPSA) is 95.2 Å². The summed E-state index contributed by atoms with van der Waals surface area (Å²) in [5.41, 5.74) is 2.33. The summed E-state index contributed by atoms with van der Waals surface area (Å²) in [5.74, 6) is 0.377. The number of anilines is 3. The number of para-hydroxylation sites is 2. The number of urea groups is 1. The van der Waals surface area contributed by atoms with E-state index in [4.69, 9.17) is 9.47 Å². The first-order chi connectivity index (χ1) is 15.5. The fourth-order valence-electron chi connectivity index (χ4n) is 3.47. The fourth-order valence-corrected chi connectivity index (χ4v) is 3.47. The van der Waals surface area contributed by atoms with Crippen molar-refractivity contribution in [1.29, 1.82) is 0 Å². The Morgan fingerprint density at radius 1 is 1.09 bits per heavy atom. The molecule has 0 radical (unpaired) electrons. The summed E-state index contributed by atoms with van der Waals surface area (Å²) in [6.45, 7) is 4.51. The predicted octanol–water partition coefficient (Wildman–Crippen LogP) is 2.47. The van der Waals surface area contributed by atoms with Crippen LogP contribution in [0, 0.1) is 0 Å². The maximum Gasteiger partial charge on any atom is 0.323 e. The molecule has 1 fully saturated rings. The van der Waals surface area contributed by atoms with E-state index in [1.165, 1.54) is 0 Å². The average molecular weight is 442 g/mol. The lowest BCUT2D eigenvalue weighted by atomic mass is 10.1. The molecular formula is C23H31N5O4. The molecule has 3 N–H and O–H groups in total. The third-order valence-corrected chi connectivity index (χ3v) is 5.15. The van der Waals surface area contributed by atoms with Gasteiger partial charge in [-0.15, -0.1) is 0 Å². The molecule has 0 saturated carbocycles. The van der Waals surface area contributed by atoms with E-state index in [9.17, 15) is 9.59 Å². The molecule has 2 aromatic carbocycles. The van der Waals surface area contributed by atoms with E-state index in [-0.39, 0.29) is 5.91 Å². The van der Waals surface area contributed by atoms with E-state index < -0.39 is 6.03 Å². The lowest BCUT2D eigenvalue weighted by Crippen LogP contribution is -2.41. The summed E-state index contributed by atoms with van der Waals surface area (Å²) in [5, 5.41) is 8.53. The number of amides is 3. The van der Waals surface area contributed by atoms with Gasteiger partial charge in [0.15, 0.2) is 0 Å². The van der Waals surface area contributed by atoms with Crippen LogP contribution in [0.15, 0.2) is 42.5 Å². The van der Waals surface area contributed by atoms with E-state index in [1.54, 1.807) is 31.4 Å². The third kappa shape index (κ3) is 6.35. The first kappa shape index (κ1) is 23.4. The van der Waals surface area contributed by atoms with Crippen molar-refractivity contribution in [2.45, 2.75) is 0 Å². The predicted molar refractivity (Wildman–Crippen MR) is 126 cm³/mol. The molecule has 1 heterocycles. The van der Waals surface area contributed by atoms with Crippen LogP contribution in [0.3, 0.4) is 0 Å². The first-order valence-electron chi connectivity index (χ1n) is 10.6. The maximum absolute atomic E-state index is 12.9. The Morgan fingerprint density at radius 2 is 1.84 bits per heavy atom. The maximum atomic E-state index is 12.9. The number of nitrogens with one attached hydrogen (secondary N) is 3. The number of benzene rings is 2.